The van der Waals surface area contributed by atoms with E-state index in [1.54, 1.807) is 0 Å². The van der Waals surface area contributed by atoms with Gasteiger partial charge in [-0.3, -0.25) is 0 Å². The Labute approximate surface area is 123 Å². The summed E-state index contributed by atoms with van der Waals surface area (Å²) >= 11 is 0. The van der Waals surface area contributed by atoms with Crippen molar-refractivity contribution < 1.29 is 19.7 Å². The predicted octanol–water partition coefficient (Wildman–Crippen LogP) is 2.65. The Bertz CT molecular complexity index is 259. The summed E-state index contributed by atoms with van der Waals surface area (Å²) < 4.78 is 10.5. The first-order valence-electron chi connectivity index (χ1n) is 8.25. The molecule has 2 N–H and O–H groups in total. The van der Waals surface area contributed by atoms with Crippen LogP contribution in [0.1, 0.15) is 66.2 Å². The number of hydrogen-bond donors (Lipinski definition) is 2. The molecule has 2 fully saturated rings. The average Bonchev–Trinajstić information content (AvgIpc) is 3.33. The Hall–Kier alpha value is -0.160. The van der Waals surface area contributed by atoms with Gasteiger partial charge in [-0.05, 0) is 25.7 Å². The lowest BCUT2D eigenvalue weighted by Crippen LogP contribution is -2.15. The lowest BCUT2D eigenvalue weighted by Gasteiger charge is -2.03. The van der Waals surface area contributed by atoms with Crippen molar-refractivity contribution in [3.63, 3.8) is 0 Å². The van der Waals surface area contributed by atoms with Gasteiger partial charge in [-0.2, -0.15) is 0 Å². The van der Waals surface area contributed by atoms with Crippen molar-refractivity contribution in [3.05, 3.63) is 0 Å². The molecule has 2 heterocycles. The van der Waals surface area contributed by atoms with Gasteiger partial charge in [0.25, 0.3) is 0 Å². The van der Waals surface area contributed by atoms with Crippen molar-refractivity contribution in [3.8, 4) is 0 Å². The van der Waals surface area contributed by atoms with E-state index in [0.29, 0.717) is 12.2 Å². The fourth-order valence-electron chi connectivity index (χ4n) is 2.53. The summed E-state index contributed by atoms with van der Waals surface area (Å²) in [5, 5.41) is 18.6. The molecule has 0 spiro atoms. The molecule has 120 valence electrons. The summed E-state index contributed by atoms with van der Waals surface area (Å²) in [4.78, 5) is 0. The molecule has 4 heteroatoms. The minimum Gasteiger partial charge on any atom is -0.390 e. The second-order valence-corrected chi connectivity index (χ2v) is 5.81. The van der Waals surface area contributed by atoms with Crippen LogP contribution in [0.3, 0.4) is 0 Å². The number of rotatable bonds is 8. The van der Waals surface area contributed by atoms with Crippen LogP contribution in [0.5, 0.6) is 0 Å². The van der Waals surface area contributed by atoms with Crippen LogP contribution in [-0.2, 0) is 9.47 Å². The number of epoxide rings is 2. The molecule has 0 aromatic heterocycles. The summed E-state index contributed by atoms with van der Waals surface area (Å²) in [6, 6.07) is 0. The molecule has 0 amide bonds. The Balaban J connectivity index is 0.000000200. The molecule has 0 saturated carbocycles. The van der Waals surface area contributed by atoms with Gasteiger partial charge in [0.05, 0.1) is 24.4 Å². The maximum Gasteiger partial charge on any atom is 0.110 e. The van der Waals surface area contributed by atoms with Gasteiger partial charge in [0.15, 0.2) is 0 Å². The zero-order chi connectivity index (χ0) is 15.1. The van der Waals surface area contributed by atoms with Gasteiger partial charge in [0, 0.05) is 0 Å². The van der Waals surface area contributed by atoms with E-state index in [4.69, 9.17) is 9.47 Å². The van der Waals surface area contributed by atoms with Crippen LogP contribution in [0.2, 0.25) is 0 Å². The van der Waals surface area contributed by atoms with Crippen molar-refractivity contribution in [2.45, 2.75) is 103 Å². The van der Waals surface area contributed by atoms with Gasteiger partial charge >= 0.3 is 0 Å². The lowest BCUT2D eigenvalue weighted by atomic mass is 10.1. The maximum atomic E-state index is 9.37. The van der Waals surface area contributed by atoms with Crippen LogP contribution in [0.4, 0.5) is 0 Å². The molecule has 2 aliphatic rings. The second kappa shape index (κ2) is 8.98. The Morgan fingerprint density at radius 1 is 0.850 bits per heavy atom. The summed E-state index contributed by atoms with van der Waals surface area (Å²) in [7, 11) is 0. The number of ether oxygens (including phenoxy) is 2. The molecule has 0 radical (unpaired) electrons. The number of aliphatic hydroxyl groups excluding tert-OH is 2. The van der Waals surface area contributed by atoms with E-state index >= 15 is 0 Å². The van der Waals surface area contributed by atoms with Crippen molar-refractivity contribution in [1.82, 2.24) is 0 Å². The third-order valence-corrected chi connectivity index (χ3v) is 3.98. The summed E-state index contributed by atoms with van der Waals surface area (Å²) in [5.41, 5.74) is 0. The highest BCUT2D eigenvalue weighted by atomic mass is 16.6. The molecule has 0 bridgehead atoms. The van der Waals surface area contributed by atoms with E-state index in [1.165, 1.54) is 0 Å². The normalized spacial score (nSPS) is 33.9. The molecule has 6 unspecified atom stereocenters. The minimum absolute atomic E-state index is 0.157. The molecule has 20 heavy (non-hydrogen) atoms. The first kappa shape index (κ1) is 17.9. The van der Waals surface area contributed by atoms with Crippen LogP contribution < -0.4 is 0 Å². The van der Waals surface area contributed by atoms with Crippen LogP contribution in [0, 0.1) is 0 Å². The molecule has 0 aromatic rings. The van der Waals surface area contributed by atoms with Gasteiger partial charge in [0.1, 0.15) is 12.2 Å². The van der Waals surface area contributed by atoms with Crippen molar-refractivity contribution >= 4 is 0 Å². The smallest absolute Gasteiger partial charge is 0.110 e. The van der Waals surface area contributed by atoms with Crippen LogP contribution in [0.25, 0.3) is 0 Å². The highest BCUT2D eigenvalue weighted by molar-refractivity contribution is 4.89. The maximum absolute atomic E-state index is 9.37. The minimum atomic E-state index is -0.225. The van der Waals surface area contributed by atoms with Gasteiger partial charge in [-0.1, -0.05) is 40.5 Å². The standard InChI is InChI=1S/2C8H16O2/c1-3-5-6(9)8-7(4-2)10-8;1-3-5-7-8(10-7)6(9)4-2/h2*6-9H,3-5H2,1-2H3. The van der Waals surface area contributed by atoms with Gasteiger partial charge < -0.3 is 19.7 Å². The van der Waals surface area contributed by atoms with Crippen molar-refractivity contribution in [1.29, 1.82) is 0 Å². The molecule has 2 aliphatic heterocycles. The molecule has 0 aromatic carbocycles. The predicted molar refractivity (Wildman–Crippen MR) is 79.7 cm³/mol. The lowest BCUT2D eigenvalue weighted by molar-refractivity contribution is 0.126. The molecule has 2 saturated heterocycles. The molecule has 2 rings (SSSR count). The van der Waals surface area contributed by atoms with Gasteiger partial charge in [0.2, 0.25) is 0 Å². The second-order valence-electron chi connectivity index (χ2n) is 5.81. The van der Waals surface area contributed by atoms with Crippen LogP contribution >= 0.6 is 0 Å². The zero-order valence-corrected chi connectivity index (χ0v) is 13.4. The third-order valence-electron chi connectivity index (χ3n) is 3.98. The molecule has 6 atom stereocenters. The quantitative estimate of drug-likeness (QED) is 0.674. The average molecular weight is 288 g/mol. The Morgan fingerprint density at radius 3 is 1.90 bits per heavy atom. The topological polar surface area (TPSA) is 65.5 Å². The Kier molecular flexibility index (Phi) is 8.03. The van der Waals surface area contributed by atoms with Crippen molar-refractivity contribution in [2.24, 2.45) is 0 Å². The number of aliphatic hydroxyl groups is 2. The van der Waals surface area contributed by atoms with Crippen LogP contribution in [0.15, 0.2) is 0 Å². The third kappa shape index (κ3) is 5.68. The van der Waals surface area contributed by atoms with Gasteiger partial charge in [-0.25, -0.2) is 0 Å². The summed E-state index contributed by atoms with van der Waals surface area (Å²) in [6.07, 6.45) is 6.59. The molecule has 0 aliphatic carbocycles. The number of hydrogen-bond acceptors (Lipinski definition) is 4. The van der Waals surface area contributed by atoms with E-state index in [9.17, 15) is 10.2 Å². The monoisotopic (exact) mass is 288 g/mol. The van der Waals surface area contributed by atoms with E-state index < -0.39 is 0 Å². The first-order valence-corrected chi connectivity index (χ1v) is 8.25. The molecular weight excluding hydrogens is 256 g/mol. The molecular formula is C16H32O4. The first-order chi connectivity index (χ1) is 9.58. The van der Waals surface area contributed by atoms with Crippen molar-refractivity contribution in [2.75, 3.05) is 0 Å². The van der Waals surface area contributed by atoms with E-state index in [-0.39, 0.29) is 24.4 Å². The summed E-state index contributed by atoms with van der Waals surface area (Å²) in [6.45, 7) is 8.28. The largest absolute Gasteiger partial charge is 0.390 e. The van der Waals surface area contributed by atoms with E-state index in [0.717, 1.165) is 38.5 Å². The highest BCUT2D eigenvalue weighted by Crippen LogP contribution is 2.30. The molecule has 4 nitrogen and oxygen atoms in total. The van der Waals surface area contributed by atoms with Crippen LogP contribution in [-0.4, -0.2) is 46.8 Å². The van der Waals surface area contributed by atoms with Gasteiger partial charge in [-0.15, -0.1) is 0 Å². The Morgan fingerprint density at radius 2 is 1.45 bits per heavy atom. The zero-order valence-electron chi connectivity index (χ0n) is 13.4. The fourth-order valence-corrected chi connectivity index (χ4v) is 2.53. The SMILES string of the molecule is CCCC(O)C1OC1CC.CCCC1OC1C(O)CC. The summed E-state index contributed by atoms with van der Waals surface area (Å²) in [5.74, 6) is 0. The van der Waals surface area contributed by atoms with E-state index in [2.05, 4.69) is 20.8 Å². The van der Waals surface area contributed by atoms with E-state index in [1.807, 2.05) is 6.92 Å². The fraction of sp³-hybridized carbons (Fsp3) is 1.00. The highest BCUT2D eigenvalue weighted by Gasteiger charge is 2.42.